The van der Waals surface area contributed by atoms with Crippen LogP contribution in [-0.2, 0) is 10.1 Å². The first kappa shape index (κ1) is 13.1. The second kappa shape index (κ2) is 4.38. The van der Waals surface area contributed by atoms with Crippen LogP contribution < -0.4 is 4.18 Å². The van der Waals surface area contributed by atoms with E-state index in [4.69, 9.17) is 0 Å². The molecule has 100 valence electrons. The van der Waals surface area contributed by atoms with Gasteiger partial charge in [0.15, 0.2) is 0 Å². The molecule has 0 radical (unpaired) electrons. The van der Waals surface area contributed by atoms with Gasteiger partial charge in [0.05, 0.1) is 0 Å². The summed E-state index contributed by atoms with van der Waals surface area (Å²) in [5, 5.41) is 0. The molecule has 18 heavy (non-hydrogen) atoms. The standard InChI is InChI=1S/C9H9F3N2O3S/c10-9(11,12)18(15,16)17-8-7(6-2-1-3-6)13-4-5-14-8/h4-6H,1-3H2. The van der Waals surface area contributed by atoms with Gasteiger partial charge < -0.3 is 4.18 Å². The average Bonchev–Trinajstić information content (AvgIpc) is 2.16. The molecule has 9 heteroatoms. The molecule has 0 aliphatic heterocycles. The van der Waals surface area contributed by atoms with E-state index in [0.29, 0.717) is 0 Å². The number of nitrogens with zero attached hydrogens (tertiary/aromatic N) is 2. The summed E-state index contributed by atoms with van der Waals surface area (Å²) in [6.07, 6.45) is 4.78. The fourth-order valence-electron chi connectivity index (χ4n) is 1.51. The van der Waals surface area contributed by atoms with Crippen molar-refractivity contribution >= 4 is 10.1 Å². The Hall–Kier alpha value is -1.38. The predicted octanol–water partition coefficient (Wildman–Crippen LogP) is 1.97. The van der Waals surface area contributed by atoms with Crippen LogP contribution in [0.2, 0.25) is 0 Å². The first-order chi connectivity index (χ1) is 8.31. The van der Waals surface area contributed by atoms with Crippen LogP contribution in [-0.4, -0.2) is 23.9 Å². The van der Waals surface area contributed by atoms with Crippen LogP contribution in [0, 0.1) is 0 Å². The highest BCUT2D eigenvalue weighted by molar-refractivity contribution is 7.87. The Bertz CT molecular complexity index is 540. The van der Waals surface area contributed by atoms with E-state index in [9.17, 15) is 21.6 Å². The lowest BCUT2D eigenvalue weighted by Gasteiger charge is -2.25. The Balaban J connectivity index is 2.29. The zero-order chi connectivity index (χ0) is 13.4. The molecule has 1 heterocycles. The molecule has 0 N–H and O–H groups in total. The molecule has 0 atom stereocenters. The molecule has 1 fully saturated rings. The van der Waals surface area contributed by atoms with Crippen LogP contribution in [0.1, 0.15) is 30.9 Å². The zero-order valence-electron chi connectivity index (χ0n) is 9.01. The lowest BCUT2D eigenvalue weighted by Crippen LogP contribution is -2.29. The fraction of sp³-hybridized carbons (Fsp3) is 0.556. The minimum atomic E-state index is -5.69. The third kappa shape index (κ3) is 2.40. The fourth-order valence-corrected chi connectivity index (χ4v) is 1.94. The highest BCUT2D eigenvalue weighted by Gasteiger charge is 2.49. The van der Waals surface area contributed by atoms with Crippen LogP contribution in [0.4, 0.5) is 13.2 Å². The van der Waals surface area contributed by atoms with Gasteiger partial charge in [-0.2, -0.15) is 21.6 Å². The molecular formula is C9H9F3N2O3S. The molecule has 0 spiro atoms. The third-order valence-corrected chi connectivity index (χ3v) is 3.60. The minimum absolute atomic E-state index is 0.0860. The Kier molecular flexibility index (Phi) is 3.18. The number of hydrogen-bond donors (Lipinski definition) is 0. The van der Waals surface area contributed by atoms with Crippen molar-refractivity contribution in [2.75, 3.05) is 0 Å². The van der Waals surface area contributed by atoms with E-state index < -0.39 is 21.5 Å². The van der Waals surface area contributed by atoms with Crippen molar-refractivity contribution in [3.63, 3.8) is 0 Å². The number of aromatic nitrogens is 2. The van der Waals surface area contributed by atoms with Crippen molar-refractivity contribution in [3.8, 4) is 5.88 Å². The number of halogens is 3. The number of hydrogen-bond acceptors (Lipinski definition) is 5. The van der Waals surface area contributed by atoms with E-state index in [2.05, 4.69) is 14.2 Å². The van der Waals surface area contributed by atoms with Gasteiger partial charge in [-0.05, 0) is 12.8 Å². The highest BCUT2D eigenvalue weighted by Crippen LogP contribution is 2.39. The van der Waals surface area contributed by atoms with Crippen molar-refractivity contribution in [2.45, 2.75) is 30.7 Å². The Morgan fingerprint density at radius 3 is 2.33 bits per heavy atom. The Morgan fingerprint density at radius 1 is 1.22 bits per heavy atom. The van der Waals surface area contributed by atoms with Crippen LogP contribution in [0.15, 0.2) is 12.4 Å². The minimum Gasteiger partial charge on any atom is -0.353 e. The first-order valence-electron chi connectivity index (χ1n) is 5.13. The van der Waals surface area contributed by atoms with Gasteiger partial charge in [-0.15, -0.1) is 0 Å². The highest BCUT2D eigenvalue weighted by atomic mass is 32.2. The Morgan fingerprint density at radius 2 is 1.83 bits per heavy atom. The SMILES string of the molecule is O=S(=O)(Oc1nccnc1C1CCC1)C(F)(F)F. The molecular weight excluding hydrogens is 273 g/mol. The topological polar surface area (TPSA) is 69.2 Å². The molecule has 0 amide bonds. The Labute approximate surface area is 101 Å². The van der Waals surface area contributed by atoms with Gasteiger partial charge >= 0.3 is 15.6 Å². The molecule has 1 aromatic rings. The summed E-state index contributed by atoms with van der Waals surface area (Å²) in [4.78, 5) is 7.36. The van der Waals surface area contributed by atoms with Crippen LogP contribution in [0.5, 0.6) is 5.88 Å². The molecule has 1 aliphatic rings. The van der Waals surface area contributed by atoms with Gasteiger partial charge in [-0.3, -0.25) is 4.98 Å². The van der Waals surface area contributed by atoms with Gasteiger partial charge in [0.2, 0.25) is 0 Å². The molecule has 0 bridgehead atoms. The van der Waals surface area contributed by atoms with Crippen molar-refractivity contribution in [1.82, 2.24) is 9.97 Å². The molecule has 1 aromatic heterocycles. The van der Waals surface area contributed by atoms with Crippen molar-refractivity contribution in [1.29, 1.82) is 0 Å². The summed E-state index contributed by atoms with van der Waals surface area (Å²) in [7, 11) is -5.69. The summed E-state index contributed by atoms with van der Waals surface area (Å²) < 4.78 is 62.4. The summed E-state index contributed by atoms with van der Waals surface area (Å²) in [5.41, 5.74) is -5.31. The molecule has 0 aromatic carbocycles. The zero-order valence-corrected chi connectivity index (χ0v) is 9.83. The van der Waals surface area contributed by atoms with Crippen molar-refractivity contribution < 1.29 is 25.8 Å². The van der Waals surface area contributed by atoms with E-state index in [1.165, 1.54) is 6.20 Å². The maximum Gasteiger partial charge on any atom is 0.534 e. The summed E-state index contributed by atoms with van der Waals surface area (Å²) in [6, 6.07) is 0. The maximum absolute atomic E-state index is 12.2. The molecule has 2 rings (SSSR count). The lowest BCUT2D eigenvalue weighted by atomic mass is 9.83. The van der Waals surface area contributed by atoms with Gasteiger partial charge in [0.1, 0.15) is 5.69 Å². The molecule has 0 saturated heterocycles. The smallest absolute Gasteiger partial charge is 0.353 e. The summed E-state index contributed by atoms with van der Waals surface area (Å²) in [6.45, 7) is 0. The van der Waals surface area contributed by atoms with Gasteiger partial charge in [-0.25, -0.2) is 4.98 Å². The van der Waals surface area contributed by atoms with E-state index in [0.717, 1.165) is 25.5 Å². The van der Waals surface area contributed by atoms with E-state index in [1.807, 2.05) is 0 Å². The molecule has 1 saturated carbocycles. The second-order valence-corrected chi connectivity index (χ2v) is 5.40. The van der Waals surface area contributed by atoms with Crippen molar-refractivity contribution in [3.05, 3.63) is 18.1 Å². The largest absolute Gasteiger partial charge is 0.534 e. The molecule has 1 aliphatic carbocycles. The normalized spacial score (nSPS) is 17.3. The molecule has 5 nitrogen and oxygen atoms in total. The average molecular weight is 282 g/mol. The number of rotatable bonds is 3. The second-order valence-electron chi connectivity index (χ2n) is 3.86. The van der Waals surface area contributed by atoms with Crippen LogP contribution in [0.3, 0.4) is 0 Å². The summed E-state index contributed by atoms with van der Waals surface area (Å²) in [5.74, 6) is -0.670. The van der Waals surface area contributed by atoms with Gasteiger partial charge in [-0.1, -0.05) is 6.42 Å². The summed E-state index contributed by atoms with van der Waals surface area (Å²) >= 11 is 0. The van der Waals surface area contributed by atoms with E-state index in [1.54, 1.807) is 0 Å². The quantitative estimate of drug-likeness (QED) is 0.626. The number of alkyl halides is 3. The first-order valence-corrected chi connectivity index (χ1v) is 6.54. The maximum atomic E-state index is 12.2. The van der Waals surface area contributed by atoms with Crippen LogP contribution >= 0.6 is 0 Å². The van der Waals surface area contributed by atoms with E-state index in [-0.39, 0.29) is 11.6 Å². The van der Waals surface area contributed by atoms with E-state index >= 15 is 0 Å². The van der Waals surface area contributed by atoms with Gasteiger partial charge in [0, 0.05) is 18.3 Å². The van der Waals surface area contributed by atoms with Crippen molar-refractivity contribution in [2.24, 2.45) is 0 Å². The lowest BCUT2D eigenvalue weighted by molar-refractivity contribution is -0.0502. The molecule has 0 unspecified atom stereocenters. The third-order valence-electron chi connectivity index (χ3n) is 2.66. The predicted molar refractivity (Wildman–Crippen MR) is 54.2 cm³/mol. The monoisotopic (exact) mass is 282 g/mol. The van der Waals surface area contributed by atoms with Gasteiger partial charge in [0.25, 0.3) is 5.88 Å². The van der Waals surface area contributed by atoms with Crippen LogP contribution in [0.25, 0.3) is 0 Å².